The lowest BCUT2D eigenvalue weighted by Gasteiger charge is -2.34. The maximum Gasteiger partial charge on any atom is 0.251 e. The van der Waals surface area contributed by atoms with Crippen LogP contribution in [-0.2, 0) is 0 Å². The zero-order valence-corrected chi connectivity index (χ0v) is 12.8. The highest BCUT2D eigenvalue weighted by Gasteiger charge is 2.28. The van der Waals surface area contributed by atoms with Gasteiger partial charge >= 0.3 is 0 Å². The van der Waals surface area contributed by atoms with Crippen molar-refractivity contribution in [2.75, 3.05) is 11.9 Å². The van der Waals surface area contributed by atoms with E-state index in [9.17, 15) is 4.79 Å². The number of hydrogen-bond acceptors (Lipinski definition) is 2. The third-order valence-electron chi connectivity index (χ3n) is 4.55. The summed E-state index contributed by atoms with van der Waals surface area (Å²) in [6.07, 6.45) is 3.60. The standard InChI is InChI=1S/C17H26N2O/c1-4-18-15-10-8-14(9-11-15)17(20)19-16-7-5-6-12(2)13(16)3/h8-13,16,18H,4-7H2,1-3H3,(H,19,20). The molecule has 2 N–H and O–H groups in total. The van der Waals surface area contributed by atoms with Gasteiger partial charge in [0.2, 0.25) is 0 Å². The third-order valence-corrected chi connectivity index (χ3v) is 4.55. The molecule has 1 aliphatic carbocycles. The number of nitrogens with one attached hydrogen (secondary N) is 2. The van der Waals surface area contributed by atoms with Gasteiger partial charge in [0.05, 0.1) is 0 Å². The summed E-state index contributed by atoms with van der Waals surface area (Å²) in [5.74, 6) is 1.32. The van der Waals surface area contributed by atoms with Crippen LogP contribution in [0.25, 0.3) is 0 Å². The number of carbonyl (C=O) groups excluding carboxylic acids is 1. The molecule has 0 radical (unpaired) electrons. The minimum Gasteiger partial charge on any atom is -0.385 e. The summed E-state index contributed by atoms with van der Waals surface area (Å²) in [7, 11) is 0. The molecule has 20 heavy (non-hydrogen) atoms. The van der Waals surface area contributed by atoms with Crippen molar-refractivity contribution in [1.29, 1.82) is 0 Å². The van der Waals surface area contributed by atoms with Crippen molar-refractivity contribution in [1.82, 2.24) is 5.32 Å². The molecule has 1 aliphatic rings. The number of carbonyl (C=O) groups is 1. The van der Waals surface area contributed by atoms with Crippen molar-refractivity contribution in [2.24, 2.45) is 11.8 Å². The highest BCUT2D eigenvalue weighted by atomic mass is 16.1. The van der Waals surface area contributed by atoms with Gasteiger partial charge in [-0.1, -0.05) is 26.7 Å². The zero-order chi connectivity index (χ0) is 14.5. The number of anilines is 1. The van der Waals surface area contributed by atoms with Crippen molar-refractivity contribution in [3.05, 3.63) is 29.8 Å². The van der Waals surface area contributed by atoms with Crippen LogP contribution >= 0.6 is 0 Å². The van der Waals surface area contributed by atoms with E-state index in [4.69, 9.17) is 0 Å². The topological polar surface area (TPSA) is 41.1 Å². The first-order valence-electron chi connectivity index (χ1n) is 7.76. The van der Waals surface area contributed by atoms with E-state index in [1.807, 2.05) is 24.3 Å². The first-order chi connectivity index (χ1) is 9.61. The van der Waals surface area contributed by atoms with E-state index in [2.05, 4.69) is 31.4 Å². The Bertz CT molecular complexity index is 441. The molecule has 3 nitrogen and oxygen atoms in total. The Morgan fingerprint density at radius 2 is 1.90 bits per heavy atom. The number of benzene rings is 1. The summed E-state index contributed by atoms with van der Waals surface area (Å²) < 4.78 is 0. The molecule has 0 heterocycles. The lowest BCUT2D eigenvalue weighted by Crippen LogP contribution is -2.43. The predicted octanol–water partition coefficient (Wildman–Crippen LogP) is 3.67. The first kappa shape index (κ1) is 14.9. The van der Waals surface area contributed by atoms with Crippen LogP contribution in [0.3, 0.4) is 0 Å². The minimum atomic E-state index is 0.0546. The van der Waals surface area contributed by atoms with Crippen LogP contribution in [0.15, 0.2) is 24.3 Å². The summed E-state index contributed by atoms with van der Waals surface area (Å²) in [6.45, 7) is 7.49. The van der Waals surface area contributed by atoms with Crippen LogP contribution < -0.4 is 10.6 Å². The lowest BCUT2D eigenvalue weighted by molar-refractivity contribution is 0.0891. The normalized spacial score (nSPS) is 26.1. The summed E-state index contributed by atoms with van der Waals surface area (Å²) in [4.78, 5) is 12.3. The SMILES string of the molecule is CCNc1ccc(C(=O)NC2CCCC(C)C2C)cc1. The van der Waals surface area contributed by atoms with Gasteiger partial charge < -0.3 is 10.6 Å². The van der Waals surface area contributed by atoms with Crippen molar-refractivity contribution in [2.45, 2.75) is 46.1 Å². The molecule has 0 spiro atoms. The summed E-state index contributed by atoms with van der Waals surface area (Å²) >= 11 is 0. The molecule has 110 valence electrons. The van der Waals surface area contributed by atoms with Gasteiger partial charge in [0.25, 0.3) is 5.91 Å². The molecule has 0 aliphatic heterocycles. The van der Waals surface area contributed by atoms with Crippen LogP contribution in [0.5, 0.6) is 0 Å². The molecular weight excluding hydrogens is 248 g/mol. The van der Waals surface area contributed by atoms with Crippen molar-refractivity contribution in [3.8, 4) is 0 Å². The van der Waals surface area contributed by atoms with Crippen molar-refractivity contribution in [3.63, 3.8) is 0 Å². The van der Waals surface area contributed by atoms with Gasteiger partial charge in [-0.15, -0.1) is 0 Å². The highest BCUT2D eigenvalue weighted by Crippen LogP contribution is 2.29. The second kappa shape index (κ2) is 6.78. The smallest absolute Gasteiger partial charge is 0.251 e. The van der Waals surface area contributed by atoms with Gasteiger partial charge in [-0.3, -0.25) is 4.79 Å². The molecule has 3 atom stereocenters. The number of rotatable bonds is 4. The molecule has 1 aromatic carbocycles. The van der Waals surface area contributed by atoms with E-state index in [1.165, 1.54) is 12.8 Å². The average molecular weight is 274 g/mol. The summed E-state index contributed by atoms with van der Waals surface area (Å²) in [6, 6.07) is 8.03. The van der Waals surface area contributed by atoms with E-state index >= 15 is 0 Å². The van der Waals surface area contributed by atoms with E-state index in [1.54, 1.807) is 0 Å². The van der Waals surface area contributed by atoms with Crippen LogP contribution in [0.2, 0.25) is 0 Å². The van der Waals surface area contributed by atoms with Crippen molar-refractivity contribution >= 4 is 11.6 Å². The van der Waals surface area contributed by atoms with E-state index < -0.39 is 0 Å². The van der Waals surface area contributed by atoms with Gasteiger partial charge in [-0.05, 0) is 49.4 Å². The van der Waals surface area contributed by atoms with Crippen LogP contribution in [-0.4, -0.2) is 18.5 Å². The molecule has 1 amide bonds. The van der Waals surface area contributed by atoms with E-state index in [0.29, 0.717) is 17.9 Å². The summed E-state index contributed by atoms with van der Waals surface area (Å²) in [5.41, 5.74) is 1.81. The fraction of sp³-hybridized carbons (Fsp3) is 0.588. The molecule has 1 aromatic rings. The Hall–Kier alpha value is -1.51. The Kier molecular flexibility index (Phi) is 5.05. The largest absolute Gasteiger partial charge is 0.385 e. The van der Waals surface area contributed by atoms with E-state index in [-0.39, 0.29) is 5.91 Å². The van der Waals surface area contributed by atoms with E-state index in [0.717, 1.165) is 24.2 Å². The number of amides is 1. The van der Waals surface area contributed by atoms with Gasteiger partial charge in [0.1, 0.15) is 0 Å². The zero-order valence-electron chi connectivity index (χ0n) is 12.8. The fourth-order valence-electron chi connectivity index (χ4n) is 2.98. The van der Waals surface area contributed by atoms with Gasteiger partial charge in [0.15, 0.2) is 0 Å². The fourth-order valence-corrected chi connectivity index (χ4v) is 2.98. The molecular formula is C17H26N2O. The molecule has 0 saturated heterocycles. The van der Waals surface area contributed by atoms with Gasteiger partial charge in [-0.2, -0.15) is 0 Å². The summed E-state index contributed by atoms with van der Waals surface area (Å²) in [5, 5.41) is 6.44. The second-order valence-electron chi connectivity index (χ2n) is 5.95. The van der Waals surface area contributed by atoms with Crippen LogP contribution in [0, 0.1) is 11.8 Å². The average Bonchev–Trinajstić information content (AvgIpc) is 2.45. The lowest BCUT2D eigenvalue weighted by atomic mass is 9.78. The molecule has 1 saturated carbocycles. The molecule has 2 rings (SSSR count). The van der Waals surface area contributed by atoms with Crippen LogP contribution in [0.1, 0.15) is 50.4 Å². The quantitative estimate of drug-likeness (QED) is 0.879. The molecule has 0 aromatic heterocycles. The molecule has 3 unspecified atom stereocenters. The Balaban J connectivity index is 1.97. The highest BCUT2D eigenvalue weighted by molar-refractivity contribution is 5.94. The van der Waals surface area contributed by atoms with Crippen molar-refractivity contribution < 1.29 is 4.79 Å². The first-order valence-corrected chi connectivity index (χ1v) is 7.76. The third kappa shape index (κ3) is 3.53. The van der Waals surface area contributed by atoms with Crippen LogP contribution in [0.4, 0.5) is 5.69 Å². The van der Waals surface area contributed by atoms with Gasteiger partial charge in [0, 0.05) is 23.8 Å². The maximum absolute atomic E-state index is 12.3. The Morgan fingerprint density at radius 3 is 2.55 bits per heavy atom. The minimum absolute atomic E-state index is 0.0546. The Morgan fingerprint density at radius 1 is 1.20 bits per heavy atom. The second-order valence-corrected chi connectivity index (χ2v) is 5.95. The maximum atomic E-state index is 12.3. The molecule has 1 fully saturated rings. The molecule has 0 bridgehead atoms. The number of hydrogen-bond donors (Lipinski definition) is 2. The van der Waals surface area contributed by atoms with Gasteiger partial charge in [-0.25, -0.2) is 0 Å². The monoisotopic (exact) mass is 274 g/mol. The predicted molar refractivity (Wildman–Crippen MR) is 84.0 cm³/mol. The Labute approximate surface area is 122 Å². The molecule has 3 heteroatoms.